The van der Waals surface area contributed by atoms with Gasteiger partial charge < -0.3 is 64.2 Å². The lowest BCUT2D eigenvalue weighted by Gasteiger charge is -2.42. The second-order valence-corrected chi connectivity index (χ2v) is 15.5. The van der Waals surface area contributed by atoms with Gasteiger partial charge in [-0.3, -0.25) is 4.79 Å². The summed E-state index contributed by atoms with van der Waals surface area (Å²) in [5.41, 5.74) is 0. The SMILES string of the molecule is CCCCCCCCCCCCCCCOCC(COC1OC(COC2OC(CO)C(O)C(O)C2O)C(O)C(O)C1O)OC(=O)CCCCCCCCCC. The summed E-state index contributed by atoms with van der Waals surface area (Å²) in [4.78, 5) is 12.8. The summed E-state index contributed by atoms with van der Waals surface area (Å²) in [6, 6.07) is 0. The molecule has 0 aromatic carbocycles. The lowest BCUT2D eigenvalue weighted by molar-refractivity contribution is -0.332. The van der Waals surface area contributed by atoms with Crippen molar-refractivity contribution in [1.82, 2.24) is 0 Å². The van der Waals surface area contributed by atoms with Crippen LogP contribution in [0.15, 0.2) is 0 Å². The van der Waals surface area contributed by atoms with E-state index < -0.39 is 80.7 Å². The van der Waals surface area contributed by atoms with Gasteiger partial charge in [0.1, 0.15) is 54.9 Å². The summed E-state index contributed by atoms with van der Waals surface area (Å²) in [6.07, 6.45) is 9.06. The fraction of sp³-hybridized carbons (Fsp3) is 0.976. The highest BCUT2D eigenvalue weighted by molar-refractivity contribution is 5.69. The standard InChI is InChI=1S/C41H78O14/c1-3-5-7-9-11-13-14-15-16-17-19-21-23-25-50-27-30(53-33(43)24-22-20-18-12-10-8-6-4-2)28-51-40-39(49)37(47)35(45)32(55-40)29-52-41-38(48)36(46)34(44)31(26-42)54-41/h30-32,34-42,44-49H,3-29H2,1-2H3. The molecule has 0 aromatic rings. The van der Waals surface area contributed by atoms with Crippen molar-refractivity contribution in [3.05, 3.63) is 0 Å². The van der Waals surface area contributed by atoms with E-state index in [-0.39, 0.29) is 25.6 Å². The van der Waals surface area contributed by atoms with Crippen LogP contribution in [0.2, 0.25) is 0 Å². The minimum absolute atomic E-state index is 0.0685. The molecule has 0 bridgehead atoms. The van der Waals surface area contributed by atoms with Crippen molar-refractivity contribution in [2.24, 2.45) is 0 Å². The van der Waals surface area contributed by atoms with E-state index in [1.54, 1.807) is 0 Å². The molecule has 2 fully saturated rings. The zero-order chi connectivity index (χ0) is 40.3. The zero-order valence-electron chi connectivity index (χ0n) is 33.9. The van der Waals surface area contributed by atoms with Gasteiger partial charge in [0.25, 0.3) is 0 Å². The van der Waals surface area contributed by atoms with Crippen molar-refractivity contribution in [3.63, 3.8) is 0 Å². The monoisotopic (exact) mass is 795 g/mol. The average molecular weight is 795 g/mol. The molecule has 14 heteroatoms. The van der Waals surface area contributed by atoms with Gasteiger partial charge in [-0.15, -0.1) is 0 Å². The van der Waals surface area contributed by atoms with Crippen LogP contribution in [-0.4, -0.2) is 142 Å². The molecule has 11 unspecified atom stereocenters. The number of hydrogen-bond donors (Lipinski definition) is 7. The lowest BCUT2D eigenvalue weighted by atomic mass is 9.98. The van der Waals surface area contributed by atoms with E-state index in [1.807, 2.05) is 0 Å². The van der Waals surface area contributed by atoms with Gasteiger partial charge in [-0.2, -0.15) is 0 Å². The molecule has 0 amide bonds. The van der Waals surface area contributed by atoms with Crippen LogP contribution < -0.4 is 0 Å². The molecule has 0 aliphatic carbocycles. The number of aliphatic hydroxyl groups excluding tert-OH is 7. The fourth-order valence-corrected chi connectivity index (χ4v) is 6.99. The molecule has 2 saturated heterocycles. The van der Waals surface area contributed by atoms with E-state index in [0.29, 0.717) is 13.0 Å². The Morgan fingerprint density at radius 2 is 0.964 bits per heavy atom. The maximum Gasteiger partial charge on any atom is 0.306 e. The Labute approximate surface area is 330 Å². The number of ether oxygens (including phenoxy) is 6. The summed E-state index contributed by atoms with van der Waals surface area (Å²) in [5.74, 6) is -0.379. The van der Waals surface area contributed by atoms with Gasteiger partial charge in [-0.1, -0.05) is 136 Å². The van der Waals surface area contributed by atoms with Gasteiger partial charge >= 0.3 is 5.97 Å². The molecular formula is C41H78O14. The molecule has 2 aliphatic rings. The molecule has 0 saturated carbocycles. The molecule has 11 atom stereocenters. The van der Waals surface area contributed by atoms with Crippen LogP contribution in [0.25, 0.3) is 0 Å². The number of aliphatic hydroxyl groups is 7. The van der Waals surface area contributed by atoms with Crippen molar-refractivity contribution < 1.29 is 69.0 Å². The smallest absolute Gasteiger partial charge is 0.306 e. The molecule has 0 spiro atoms. The van der Waals surface area contributed by atoms with Gasteiger partial charge in [-0.05, 0) is 12.8 Å². The second kappa shape index (κ2) is 31.0. The third-order valence-electron chi connectivity index (χ3n) is 10.6. The first-order valence-corrected chi connectivity index (χ1v) is 21.6. The summed E-state index contributed by atoms with van der Waals surface area (Å²) in [5, 5.41) is 71.7. The van der Waals surface area contributed by atoms with Gasteiger partial charge in [0, 0.05) is 13.0 Å². The number of carbonyl (C=O) groups is 1. The van der Waals surface area contributed by atoms with E-state index in [1.165, 1.54) is 89.9 Å². The molecule has 2 rings (SSSR count). The van der Waals surface area contributed by atoms with Crippen molar-refractivity contribution >= 4 is 5.97 Å². The Balaban J connectivity index is 1.82. The molecule has 0 radical (unpaired) electrons. The molecular weight excluding hydrogens is 716 g/mol. The van der Waals surface area contributed by atoms with E-state index in [0.717, 1.165) is 38.5 Å². The first kappa shape index (κ1) is 50.1. The summed E-state index contributed by atoms with van der Waals surface area (Å²) >= 11 is 0. The number of unbranched alkanes of at least 4 members (excludes halogenated alkanes) is 19. The predicted octanol–water partition coefficient (Wildman–Crippen LogP) is 4.18. The highest BCUT2D eigenvalue weighted by atomic mass is 16.7. The quantitative estimate of drug-likeness (QED) is 0.0367. The van der Waals surface area contributed by atoms with E-state index in [4.69, 9.17) is 28.4 Å². The number of hydrogen-bond acceptors (Lipinski definition) is 14. The van der Waals surface area contributed by atoms with Crippen molar-refractivity contribution in [2.45, 2.75) is 223 Å². The normalized spacial score (nSPS) is 29.0. The third kappa shape index (κ3) is 20.5. The van der Waals surface area contributed by atoms with Gasteiger partial charge in [0.05, 0.1) is 26.4 Å². The maximum absolute atomic E-state index is 12.8. The largest absolute Gasteiger partial charge is 0.457 e. The van der Waals surface area contributed by atoms with E-state index in [2.05, 4.69) is 13.8 Å². The molecule has 326 valence electrons. The minimum Gasteiger partial charge on any atom is -0.457 e. The van der Waals surface area contributed by atoms with Crippen molar-refractivity contribution in [1.29, 1.82) is 0 Å². The number of carbonyl (C=O) groups excluding carboxylic acids is 1. The van der Waals surface area contributed by atoms with Crippen LogP contribution in [-0.2, 0) is 33.2 Å². The Bertz CT molecular complexity index is 927. The minimum atomic E-state index is -1.70. The van der Waals surface area contributed by atoms with Crippen LogP contribution in [0.1, 0.15) is 155 Å². The number of esters is 1. The molecule has 55 heavy (non-hydrogen) atoms. The highest BCUT2D eigenvalue weighted by Crippen LogP contribution is 2.26. The van der Waals surface area contributed by atoms with Crippen molar-refractivity contribution in [2.75, 3.05) is 33.0 Å². The second-order valence-electron chi connectivity index (χ2n) is 15.5. The Kier molecular flexibility index (Phi) is 28.2. The van der Waals surface area contributed by atoms with E-state index in [9.17, 15) is 40.5 Å². The number of rotatable bonds is 33. The van der Waals surface area contributed by atoms with Crippen LogP contribution in [0.4, 0.5) is 0 Å². The zero-order valence-corrected chi connectivity index (χ0v) is 33.9. The predicted molar refractivity (Wildman–Crippen MR) is 206 cm³/mol. The van der Waals surface area contributed by atoms with E-state index >= 15 is 0 Å². The first-order chi connectivity index (χ1) is 26.6. The summed E-state index contributed by atoms with van der Waals surface area (Å²) in [6.45, 7) is 3.65. The van der Waals surface area contributed by atoms with Crippen LogP contribution in [0, 0.1) is 0 Å². The molecule has 0 aromatic heterocycles. The summed E-state index contributed by atoms with van der Waals surface area (Å²) < 4.78 is 34.0. The van der Waals surface area contributed by atoms with Crippen LogP contribution in [0.3, 0.4) is 0 Å². The Morgan fingerprint density at radius 3 is 1.47 bits per heavy atom. The summed E-state index contributed by atoms with van der Waals surface area (Å²) in [7, 11) is 0. The van der Waals surface area contributed by atoms with Crippen LogP contribution >= 0.6 is 0 Å². The van der Waals surface area contributed by atoms with Gasteiger partial charge in [0.2, 0.25) is 0 Å². The molecule has 2 heterocycles. The highest BCUT2D eigenvalue weighted by Gasteiger charge is 2.47. The van der Waals surface area contributed by atoms with Gasteiger partial charge in [-0.25, -0.2) is 0 Å². The lowest BCUT2D eigenvalue weighted by Crippen LogP contribution is -2.61. The average Bonchev–Trinajstić information content (AvgIpc) is 3.18. The first-order valence-electron chi connectivity index (χ1n) is 21.6. The molecule has 2 aliphatic heterocycles. The Hall–Kier alpha value is -1.01. The topological polar surface area (TPSA) is 214 Å². The maximum atomic E-state index is 12.8. The third-order valence-corrected chi connectivity index (χ3v) is 10.6. The van der Waals surface area contributed by atoms with Crippen molar-refractivity contribution in [3.8, 4) is 0 Å². The van der Waals surface area contributed by atoms with Gasteiger partial charge in [0.15, 0.2) is 12.6 Å². The Morgan fingerprint density at radius 1 is 0.527 bits per heavy atom. The fourth-order valence-electron chi connectivity index (χ4n) is 6.99. The van der Waals surface area contributed by atoms with Crippen LogP contribution in [0.5, 0.6) is 0 Å². The molecule has 7 N–H and O–H groups in total. The molecule has 14 nitrogen and oxygen atoms in total.